The van der Waals surface area contributed by atoms with E-state index in [0.717, 1.165) is 16.6 Å². The van der Waals surface area contributed by atoms with Crippen LogP contribution in [0.25, 0.3) is 0 Å². The first-order chi connectivity index (χ1) is 6.67. The molecule has 0 aromatic heterocycles. The third-order valence-electron chi connectivity index (χ3n) is 2.08. The van der Waals surface area contributed by atoms with Gasteiger partial charge in [-0.3, -0.25) is 0 Å². The van der Waals surface area contributed by atoms with E-state index in [1.54, 1.807) is 7.11 Å². The van der Waals surface area contributed by atoms with Gasteiger partial charge in [0.2, 0.25) is 0 Å². The number of hydrogen-bond acceptors (Lipinski definition) is 1. The number of benzene rings is 1. The fourth-order valence-electron chi connectivity index (χ4n) is 1.26. The Balaban J connectivity index is 2.83. The maximum atomic E-state index is 5.78. The van der Waals surface area contributed by atoms with Crippen LogP contribution >= 0.6 is 27.5 Å². The van der Waals surface area contributed by atoms with Crippen molar-refractivity contribution in [3.05, 3.63) is 28.2 Å². The van der Waals surface area contributed by atoms with Gasteiger partial charge in [0.1, 0.15) is 5.75 Å². The van der Waals surface area contributed by atoms with Crippen molar-refractivity contribution in [1.29, 1.82) is 0 Å². The van der Waals surface area contributed by atoms with Crippen LogP contribution in [0.15, 0.2) is 22.7 Å². The van der Waals surface area contributed by atoms with Gasteiger partial charge in [-0.05, 0) is 36.1 Å². The lowest BCUT2D eigenvalue weighted by molar-refractivity contribution is 0.414. The van der Waals surface area contributed by atoms with Crippen LogP contribution in [0, 0.1) is 5.92 Å². The topological polar surface area (TPSA) is 9.23 Å². The number of ether oxygens (including phenoxy) is 1. The van der Waals surface area contributed by atoms with Gasteiger partial charge < -0.3 is 4.74 Å². The number of methoxy groups -OCH3 is 1. The van der Waals surface area contributed by atoms with Crippen molar-refractivity contribution >= 4 is 27.5 Å². The maximum absolute atomic E-state index is 5.78. The van der Waals surface area contributed by atoms with Gasteiger partial charge in [-0.1, -0.05) is 22.9 Å². The molecule has 0 bridgehead atoms. The summed E-state index contributed by atoms with van der Waals surface area (Å²) in [5.41, 5.74) is 1.25. The Morgan fingerprint density at radius 2 is 2.21 bits per heavy atom. The molecule has 14 heavy (non-hydrogen) atoms. The minimum absolute atomic E-state index is 0.486. The molecule has 1 nitrogen and oxygen atoms in total. The quantitative estimate of drug-likeness (QED) is 0.759. The Morgan fingerprint density at radius 3 is 2.79 bits per heavy atom. The molecule has 0 heterocycles. The molecule has 3 heteroatoms. The predicted octanol–water partition coefficient (Wildman–Crippen LogP) is 3.88. The molecular formula is C11H14BrClO. The highest BCUT2D eigenvalue weighted by Gasteiger charge is 2.06. The monoisotopic (exact) mass is 276 g/mol. The molecule has 0 aliphatic carbocycles. The van der Waals surface area contributed by atoms with Crippen LogP contribution in [0.2, 0.25) is 0 Å². The Morgan fingerprint density at radius 1 is 1.50 bits per heavy atom. The lowest BCUT2D eigenvalue weighted by atomic mass is 10.0. The molecule has 0 N–H and O–H groups in total. The van der Waals surface area contributed by atoms with E-state index in [1.165, 1.54) is 5.56 Å². The lowest BCUT2D eigenvalue weighted by Crippen LogP contribution is -2.01. The summed E-state index contributed by atoms with van der Waals surface area (Å²) in [4.78, 5) is 0. The summed E-state index contributed by atoms with van der Waals surface area (Å²) < 4.78 is 6.29. The summed E-state index contributed by atoms with van der Waals surface area (Å²) in [6.07, 6.45) is 0.973. The zero-order valence-corrected chi connectivity index (χ0v) is 10.7. The molecule has 78 valence electrons. The molecule has 0 amide bonds. The molecule has 0 spiro atoms. The zero-order chi connectivity index (χ0) is 10.6. The van der Waals surface area contributed by atoms with Crippen LogP contribution in [0.4, 0.5) is 0 Å². The first-order valence-corrected chi connectivity index (χ1v) is 5.88. The maximum Gasteiger partial charge on any atom is 0.119 e. The Bertz CT molecular complexity index is 301. The molecule has 0 saturated heterocycles. The van der Waals surface area contributed by atoms with Crippen LogP contribution < -0.4 is 4.74 Å². The summed E-state index contributed by atoms with van der Waals surface area (Å²) in [5, 5.41) is 0. The molecule has 1 atom stereocenters. The molecule has 1 aromatic rings. The van der Waals surface area contributed by atoms with Gasteiger partial charge in [0.25, 0.3) is 0 Å². The minimum Gasteiger partial charge on any atom is -0.497 e. The first-order valence-electron chi connectivity index (χ1n) is 4.55. The molecule has 0 aliphatic rings. The van der Waals surface area contributed by atoms with Gasteiger partial charge in [0.05, 0.1) is 7.11 Å². The fourth-order valence-corrected chi connectivity index (χ4v) is 1.78. The van der Waals surface area contributed by atoms with Crippen LogP contribution in [0.3, 0.4) is 0 Å². The molecule has 1 aromatic carbocycles. The van der Waals surface area contributed by atoms with Crippen molar-refractivity contribution in [2.75, 3.05) is 13.0 Å². The van der Waals surface area contributed by atoms with Crippen LogP contribution in [-0.2, 0) is 6.42 Å². The van der Waals surface area contributed by atoms with Crippen LogP contribution in [-0.4, -0.2) is 13.0 Å². The average molecular weight is 278 g/mol. The number of hydrogen-bond donors (Lipinski definition) is 0. The third-order valence-corrected chi connectivity index (χ3v) is 3.39. The van der Waals surface area contributed by atoms with Gasteiger partial charge in [-0.25, -0.2) is 0 Å². The van der Waals surface area contributed by atoms with Crippen LogP contribution in [0.1, 0.15) is 12.5 Å². The number of alkyl halides is 1. The van der Waals surface area contributed by atoms with E-state index < -0.39 is 0 Å². The highest BCUT2D eigenvalue weighted by Crippen LogP contribution is 2.25. The second-order valence-electron chi connectivity index (χ2n) is 3.42. The normalized spacial score (nSPS) is 12.6. The van der Waals surface area contributed by atoms with Crippen molar-refractivity contribution in [3.8, 4) is 5.75 Å². The Labute approximate surface area is 98.5 Å². The molecule has 0 aliphatic heterocycles. The van der Waals surface area contributed by atoms with E-state index in [4.69, 9.17) is 16.3 Å². The van der Waals surface area contributed by atoms with Crippen LogP contribution in [0.5, 0.6) is 5.75 Å². The van der Waals surface area contributed by atoms with E-state index in [0.29, 0.717) is 11.8 Å². The SMILES string of the molecule is COc1ccc(Br)c(CC(C)CCl)c1. The molecule has 1 unspecified atom stereocenters. The van der Waals surface area contributed by atoms with E-state index in [2.05, 4.69) is 22.9 Å². The van der Waals surface area contributed by atoms with Gasteiger partial charge in [0.15, 0.2) is 0 Å². The van der Waals surface area contributed by atoms with Gasteiger partial charge >= 0.3 is 0 Å². The van der Waals surface area contributed by atoms with E-state index >= 15 is 0 Å². The molecular weight excluding hydrogens is 263 g/mol. The summed E-state index contributed by atoms with van der Waals surface area (Å²) >= 11 is 9.30. The minimum atomic E-state index is 0.486. The second-order valence-corrected chi connectivity index (χ2v) is 4.58. The molecule has 0 saturated carbocycles. The summed E-state index contributed by atoms with van der Waals surface area (Å²) in [6.45, 7) is 2.14. The largest absolute Gasteiger partial charge is 0.497 e. The van der Waals surface area contributed by atoms with E-state index in [9.17, 15) is 0 Å². The predicted molar refractivity (Wildman–Crippen MR) is 64.3 cm³/mol. The third kappa shape index (κ3) is 3.18. The molecule has 0 fully saturated rings. The van der Waals surface area contributed by atoms with Gasteiger partial charge in [0, 0.05) is 10.4 Å². The highest BCUT2D eigenvalue weighted by atomic mass is 79.9. The Kier molecular flexibility index (Phi) is 4.76. The summed E-state index contributed by atoms with van der Waals surface area (Å²) in [7, 11) is 1.68. The van der Waals surface area contributed by atoms with Gasteiger partial charge in [-0.15, -0.1) is 11.6 Å². The standard InChI is InChI=1S/C11H14BrClO/c1-8(7-13)5-9-6-10(14-2)3-4-11(9)12/h3-4,6,8H,5,7H2,1-2H3. The van der Waals surface area contributed by atoms with Crippen molar-refractivity contribution < 1.29 is 4.74 Å². The van der Waals surface area contributed by atoms with Gasteiger partial charge in [-0.2, -0.15) is 0 Å². The van der Waals surface area contributed by atoms with E-state index in [1.807, 2.05) is 18.2 Å². The van der Waals surface area contributed by atoms with Crippen molar-refractivity contribution in [2.24, 2.45) is 5.92 Å². The lowest BCUT2D eigenvalue weighted by Gasteiger charge is -2.10. The van der Waals surface area contributed by atoms with Crippen molar-refractivity contribution in [2.45, 2.75) is 13.3 Å². The Hall–Kier alpha value is -0.210. The van der Waals surface area contributed by atoms with E-state index in [-0.39, 0.29) is 0 Å². The molecule has 1 rings (SSSR count). The van der Waals surface area contributed by atoms with Crippen molar-refractivity contribution in [1.82, 2.24) is 0 Å². The zero-order valence-electron chi connectivity index (χ0n) is 8.39. The second kappa shape index (κ2) is 5.62. The smallest absolute Gasteiger partial charge is 0.119 e. The number of rotatable bonds is 4. The molecule has 0 radical (unpaired) electrons. The first kappa shape index (κ1) is 11.9. The number of halogens is 2. The highest BCUT2D eigenvalue weighted by molar-refractivity contribution is 9.10. The summed E-state index contributed by atoms with van der Waals surface area (Å²) in [6, 6.07) is 6.00. The average Bonchev–Trinajstić information content (AvgIpc) is 2.21. The fraction of sp³-hybridized carbons (Fsp3) is 0.455. The van der Waals surface area contributed by atoms with Crippen molar-refractivity contribution in [3.63, 3.8) is 0 Å². The summed E-state index contributed by atoms with van der Waals surface area (Å²) in [5.74, 6) is 2.06.